The van der Waals surface area contributed by atoms with E-state index in [1.165, 1.54) is 6.42 Å². The van der Waals surface area contributed by atoms with Gasteiger partial charge in [-0.3, -0.25) is 14.4 Å². The first kappa shape index (κ1) is 21.0. The van der Waals surface area contributed by atoms with Gasteiger partial charge in [-0.05, 0) is 47.3 Å². The molecule has 2 atom stereocenters. The van der Waals surface area contributed by atoms with Crippen LogP contribution in [0, 0.1) is 11.3 Å². The molecule has 2 amide bonds. The molecule has 1 aromatic carbocycles. The number of aromatic nitrogens is 1. The molecule has 168 valence electrons. The third-order valence-corrected chi connectivity index (χ3v) is 7.64. The third-order valence-electron chi connectivity index (χ3n) is 7.64. The molecule has 1 saturated heterocycles. The monoisotopic (exact) mass is 433 g/mol. The van der Waals surface area contributed by atoms with Crippen LogP contribution in [-0.4, -0.2) is 45.8 Å². The van der Waals surface area contributed by atoms with Crippen molar-refractivity contribution in [3.05, 3.63) is 69.1 Å². The smallest absolute Gasteiger partial charge is 0.263 e. The first-order valence-corrected chi connectivity index (χ1v) is 11.8. The molecule has 2 aliphatic heterocycles. The molecular formula is C26H31N3O3. The van der Waals surface area contributed by atoms with E-state index in [1.54, 1.807) is 4.57 Å². The summed E-state index contributed by atoms with van der Waals surface area (Å²) in [5.74, 6) is 0.561. The van der Waals surface area contributed by atoms with Gasteiger partial charge in [-0.15, -0.1) is 0 Å². The normalized spacial score (nSPS) is 23.6. The summed E-state index contributed by atoms with van der Waals surface area (Å²) < 4.78 is 1.69. The average Bonchev–Trinajstić information content (AvgIpc) is 3.32. The second-order valence-electron chi connectivity index (χ2n) is 9.90. The van der Waals surface area contributed by atoms with Gasteiger partial charge >= 0.3 is 0 Å². The largest absolute Gasteiger partial charge is 0.338 e. The summed E-state index contributed by atoms with van der Waals surface area (Å²) >= 11 is 0. The second-order valence-corrected chi connectivity index (χ2v) is 9.90. The summed E-state index contributed by atoms with van der Waals surface area (Å²) in [4.78, 5) is 43.2. The van der Waals surface area contributed by atoms with Crippen molar-refractivity contribution < 1.29 is 9.59 Å². The van der Waals surface area contributed by atoms with Crippen LogP contribution in [0.25, 0.3) is 0 Å². The lowest BCUT2D eigenvalue weighted by molar-refractivity contribution is -0.131. The SMILES string of the molecule is CCC(=O)N1CCc2c(cn(CCc3ccccc3)c(=O)c2C(=O)N2C[C@@H]3C[C@]3(C)C2)C1. The molecule has 5 rings (SSSR count). The summed E-state index contributed by atoms with van der Waals surface area (Å²) in [6.45, 7) is 7.14. The molecule has 2 aromatic rings. The number of carbonyl (C=O) groups excluding carboxylic acids is 2. The molecule has 0 radical (unpaired) electrons. The highest BCUT2D eigenvalue weighted by molar-refractivity contribution is 5.96. The molecule has 1 aromatic heterocycles. The van der Waals surface area contributed by atoms with Crippen LogP contribution in [0.4, 0.5) is 0 Å². The molecular weight excluding hydrogens is 402 g/mol. The predicted octanol–water partition coefficient (Wildman–Crippen LogP) is 2.87. The number of rotatable bonds is 5. The lowest BCUT2D eigenvalue weighted by Gasteiger charge is -2.31. The molecule has 0 unspecified atom stereocenters. The van der Waals surface area contributed by atoms with Crippen molar-refractivity contribution in [1.82, 2.24) is 14.4 Å². The van der Waals surface area contributed by atoms with Crippen LogP contribution in [0.15, 0.2) is 41.3 Å². The fraction of sp³-hybridized carbons (Fsp3) is 0.500. The van der Waals surface area contributed by atoms with Crippen molar-refractivity contribution in [2.24, 2.45) is 11.3 Å². The number of piperidine rings is 1. The minimum Gasteiger partial charge on any atom is -0.338 e. The fourth-order valence-electron chi connectivity index (χ4n) is 5.49. The van der Waals surface area contributed by atoms with E-state index in [2.05, 4.69) is 6.92 Å². The van der Waals surface area contributed by atoms with Crippen LogP contribution in [-0.2, 0) is 30.7 Å². The lowest BCUT2D eigenvalue weighted by Crippen LogP contribution is -2.42. The molecule has 3 aliphatic rings. The molecule has 3 heterocycles. The Hall–Kier alpha value is -2.89. The fourth-order valence-corrected chi connectivity index (χ4v) is 5.49. The van der Waals surface area contributed by atoms with Crippen molar-refractivity contribution in [3.63, 3.8) is 0 Å². The van der Waals surface area contributed by atoms with Crippen molar-refractivity contribution in [1.29, 1.82) is 0 Å². The minimum absolute atomic E-state index is 0.109. The second kappa shape index (κ2) is 7.91. The van der Waals surface area contributed by atoms with Crippen LogP contribution < -0.4 is 5.56 Å². The van der Waals surface area contributed by atoms with E-state index in [4.69, 9.17) is 0 Å². The minimum atomic E-state index is -0.189. The van der Waals surface area contributed by atoms with Crippen LogP contribution in [0.3, 0.4) is 0 Å². The molecule has 2 fully saturated rings. The van der Waals surface area contributed by atoms with Gasteiger partial charge in [0, 0.05) is 45.3 Å². The number of nitrogens with zero attached hydrogens (tertiary/aromatic N) is 3. The van der Waals surface area contributed by atoms with Gasteiger partial charge in [0.25, 0.3) is 11.5 Å². The molecule has 0 N–H and O–H groups in total. The standard InChI is InChI=1S/C26H31N3O3/c1-3-22(30)27-12-10-21-19(14-27)15-28(11-9-18-7-5-4-6-8-18)24(31)23(21)25(32)29-16-20-13-26(20,2)17-29/h4-8,15,20H,3,9-14,16-17H2,1-2H3/t20-,26+/m0/s1. The maximum absolute atomic E-state index is 13.6. The van der Waals surface area contributed by atoms with Gasteiger partial charge in [-0.1, -0.05) is 44.2 Å². The van der Waals surface area contributed by atoms with Gasteiger partial charge in [0.05, 0.1) is 0 Å². The number of fused-ring (bicyclic) bond motifs is 2. The number of pyridine rings is 1. The van der Waals surface area contributed by atoms with Gasteiger partial charge in [0.15, 0.2) is 0 Å². The Kier molecular flexibility index (Phi) is 5.19. The maximum atomic E-state index is 13.6. The lowest BCUT2D eigenvalue weighted by atomic mass is 9.95. The Bertz CT molecular complexity index is 1120. The van der Waals surface area contributed by atoms with Gasteiger partial charge < -0.3 is 14.4 Å². The summed E-state index contributed by atoms with van der Waals surface area (Å²) in [6.07, 6.45) is 4.80. The Labute approximate surface area is 188 Å². The van der Waals surface area contributed by atoms with E-state index >= 15 is 0 Å². The van der Waals surface area contributed by atoms with E-state index < -0.39 is 0 Å². The van der Waals surface area contributed by atoms with E-state index in [1.807, 2.05) is 53.3 Å². The molecule has 6 nitrogen and oxygen atoms in total. The number of hydrogen-bond acceptors (Lipinski definition) is 3. The number of aryl methyl sites for hydroxylation is 2. The predicted molar refractivity (Wildman–Crippen MR) is 122 cm³/mol. The molecule has 0 spiro atoms. The number of likely N-dealkylation sites (tertiary alicyclic amines) is 1. The molecule has 0 bridgehead atoms. The average molecular weight is 434 g/mol. The Balaban J connectivity index is 1.50. The van der Waals surface area contributed by atoms with Crippen LogP contribution in [0.1, 0.15) is 53.7 Å². The third kappa shape index (κ3) is 3.65. The Morgan fingerprint density at radius 1 is 1.16 bits per heavy atom. The van der Waals surface area contributed by atoms with E-state index in [9.17, 15) is 14.4 Å². The molecule has 32 heavy (non-hydrogen) atoms. The Morgan fingerprint density at radius 2 is 1.94 bits per heavy atom. The zero-order valence-electron chi connectivity index (χ0n) is 19.0. The number of carbonyl (C=O) groups is 2. The van der Waals surface area contributed by atoms with Gasteiger partial charge in [0.2, 0.25) is 5.91 Å². The maximum Gasteiger partial charge on any atom is 0.263 e. The van der Waals surface area contributed by atoms with Crippen LogP contribution in [0.2, 0.25) is 0 Å². The van der Waals surface area contributed by atoms with Crippen molar-refractivity contribution >= 4 is 11.8 Å². The first-order valence-electron chi connectivity index (χ1n) is 11.8. The summed E-state index contributed by atoms with van der Waals surface area (Å²) in [7, 11) is 0. The number of amides is 2. The van der Waals surface area contributed by atoms with Crippen molar-refractivity contribution in [3.8, 4) is 0 Å². The highest BCUT2D eigenvalue weighted by Gasteiger charge is 2.57. The van der Waals surface area contributed by atoms with Crippen molar-refractivity contribution in [2.75, 3.05) is 19.6 Å². The highest BCUT2D eigenvalue weighted by atomic mass is 16.2. The molecule has 1 saturated carbocycles. The summed E-state index contributed by atoms with van der Waals surface area (Å²) in [5, 5.41) is 0. The number of hydrogen-bond donors (Lipinski definition) is 0. The molecule has 6 heteroatoms. The quantitative estimate of drug-likeness (QED) is 0.729. The first-order chi connectivity index (χ1) is 15.4. The summed E-state index contributed by atoms with van der Waals surface area (Å²) in [6, 6.07) is 10.1. The van der Waals surface area contributed by atoms with Crippen molar-refractivity contribution in [2.45, 2.75) is 52.6 Å². The highest BCUT2D eigenvalue weighted by Crippen LogP contribution is 2.57. The van der Waals surface area contributed by atoms with Gasteiger partial charge in [-0.25, -0.2) is 0 Å². The Morgan fingerprint density at radius 3 is 2.62 bits per heavy atom. The van der Waals surface area contributed by atoms with E-state index in [0.717, 1.165) is 29.8 Å². The topological polar surface area (TPSA) is 62.6 Å². The zero-order valence-corrected chi connectivity index (χ0v) is 19.0. The number of benzene rings is 1. The summed E-state index contributed by atoms with van der Waals surface area (Å²) in [5.41, 5.74) is 3.32. The van der Waals surface area contributed by atoms with E-state index in [0.29, 0.717) is 50.4 Å². The van der Waals surface area contributed by atoms with Gasteiger partial charge in [-0.2, -0.15) is 0 Å². The van der Waals surface area contributed by atoms with Crippen LogP contribution in [0.5, 0.6) is 0 Å². The van der Waals surface area contributed by atoms with Gasteiger partial charge in [0.1, 0.15) is 5.56 Å². The zero-order chi connectivity index (χ0) is 22.5. The van der Waals surface area contributed by atoms with E-state index in [-0.39, 0.29) is 22.8 Å². The van der Waals surface area contributed by atoms with Crippen LogP contribution >= 0.6 is 0 Å². The molecule has 1 aliphatic carbocycles.